The molecule has 33 heavy (non-hydrogen) atoms. The molecular formula is C27H36N6. The Bertz CT molecular complexity index is 1020. The van der Waals surface area contributed by atoms with Crippen molar-refractivity contribution in [2.45, 2.75) is 52.4 Å². The van der Waals surface area contributed by atoms with Crippen molar-refractivity contribution in [1.82, 2.24) is 25.1 Å². The summed E-state index contributed by atoms with van der Waals surface area (Å²) < 4.78 is 2.16. The minimum atomic E-state index is 0.463. The van der Waals surface area contributed by atoms with Crippen molar-refractivity contribution in [2.75, 3.05) is 19.6 Å². The van der Waals surface area contributed by atoms with Gasteiger partial charge >= 0.3 is 0 Å². The fourth-order valence-corrected chi connectivity index (χ4v) is 4.35. The number of nitrogens with zero attached hydrogens (tertiary/aromatic N) is 4. The first-order chi connectivity index (χ1) is 16.2. The Morgan fingerprint density at radius 2 is 1.76 bits per heavy atom. The summed E-state index contributed by atoms with van der Waals surface area (Å²) >= 11 is 0. The van der Waals surface area contributed by atoms with Gasteiger partial charge in [-0.3, -0.25) is 4.90 Å². The van der Waals surface area contributed by atoms with Crippen LogP contribution in [0.15, 0.2) is 72.0 Å². The average Bonchev–Trinajstić information content (AvgIpc) is 3.24. The monoisotopic (exact) mass is 444 g/mol. The molecule has 2 N–H and O–H groups in total. The van der Waals surface area contributed by atoms with Crippen LogP contribution in [0.5, 0.6) is 0 Å². The van der Waals surface area contributed by atoms with E-state index in [-0.39, 0.29) is 0 Å². The fraction of sp³-hybridized carbons (Fsp3) is 0.407. The van der Waals surface area contributed by atoms with Gasteiger partial charge in [-0.25, -0.2) is 9.98 Å². The normalized spacial score (nSPS) is 15.5. The van der Waals surface area contributed by atoms with E-state index in [1.54, 1.807) is 0 Å². The molecule has 1 aliphatic rings. The number of rotatable bonds is 8. The zero-order valence-electron chi connectivity index (χ0n) is 19.9. The lowest BCUT2D eigenvalue weighted by Crippen LogP contribution is -2.48. The van der Waals surface area contributed by atoms with E-state index in [1.807, 2.05) is 19.3 Å². The molecule has 1 saturated heterocycles. The number of aromatic nitrogens is 2. The number of hydrogen-bond acceptors (Lipinski definition) is 3. The molecule has 0 aliphatic carbocycles. The van der Waals surface area contributed by atoms with Crippen LogP contribution < -0.4 is 10.6 Å². The van der Waals surface area contributed by atoms with E-state index in [9.17, 15) is 0 Å². The smallest absolute Gasteiger partial charge is 0.191 e. The SMILES string of the molecule is CCNC(=NCc1cccc(Cn2ccnc2C)c1)NC1CCN(Cc2ccccc2)CC1. The molecule has 0 unspecified atom stereocenters. The highest BCUT2D eigenvalue weighted by Crippen LogP contribution is 2.14. The third-order valence-electron chi connectivity index (χ3n) is 6.21. The lowest BCUT2D eigenvalue weighted by Gasteiger charge is -2.33. The second kappa shape index (κ2) is 11.7. The van der Waals surface area contributed by atoms with Crippen molar-refractivity contribution in [1.29, 1.82) is 0 Å². The quantitative estimate of drug-likeness (QED) is 0.408. The van der Waals surface area contributed by atoms with E-state index in [2.05, 4.69) is 86.6 Å². The number of nitrogens with one attached hydrogen (secondary N) is 2. The Morgan fingerprint density at radius 3 is 2.48 bits per heavy atom. The van der Waals surface area contributed by atoms with E-state index >= 15 is 0 Å². The van der Waals surface area contributed by atoms with E-state index in [4.69, 9.17) is 4.99 Å². The lowest BCUT2D eigenvalue weighted by molar-refractivity contribution is 0.198. The molecule has 2 heterocycles. The number of aryl methyl sites for hydroxylation is 1. The molecule has 6 nitrogen and oxygen atoms in total. The van der Waals surface area contributed by atoms with Crippen LogP contribution in [0.1, 0.15) is 42.3 Å². The van der Waals surface area contributed by atoms with Gasteiger partial charge in [0.2, 0.25) is 0 Å². The first-order valence-electron chi connectivity index (χ1n) is 12.1. The van der Waals surface area contributed by atoms with Crippen molar-refractivity contribution < 1.29 is 0 Å². The minimum Gasteiger partial charge on any atom is -0.357 e. The van der Waals surface area contributed by atoms with Crippen LogP contribution in [0.25, 0.3) is 0 Å². The summed E-state index contributed by atoms with van der Waals surface area (Å²) in [7, 11) is 0. The molecule has 0 spiro atoms. The van der Waals surface area contributed by atoms with E-state index < -0.39 is 0 Å². The molecule has 0 bridgehead atoms. The summed E-state index contributed by atoms with van der Waals surface area (Å²) in [4.78, 5) is 11.7. The van der Waals surface area contributed by atoms with Gasteiger partial charge in [0.05, 0.1) is 6.54 Å². The van der Waals surface area contributed by atoms with E-state index in [0.29, 0.717) is 12.6 Å². The number of aliphatic imine (C=N–C) groups is 1. The summed E-state index contributed by atoms with van der Waals surface area (Å²) in [6, 6.07) is 19.9. The zero-order chi connectivity index (χ0) is 22.9. The van der Waals surface area contributed by atoms with Gasteiger partial charge < -0.3 is 15.2 Å². The highest BCUT2D eigenvalue weighted by molar-refractivity contribution is 5.80. The van der Waals surface area contributed by atoms with E-state index in [0.717, 1.165) is 57.3 Å². The Morgan fingerprint density at radius 1 is 1.00 bits per heavy atom. The average molecular weight is 445 g/mol. The van der Waals surface area contributed by atoms with Gasteiger partial charge in [0.15, 0.2) is 5.96 Å². The van der Waals surface area contributed by atoms with Gasteiger partial charge in [-0.05, 0) is 43.4 Å². The standard InChI is InChI=1S/C27H36N6/c1-3-28-27(31-26-12-15-32(16-13-26)20-23-8-5-4-6-9-23)30-19-24-10-7-11-25(18-24)21-33-17-14-29-22(33)2/h4-11,14,17-18,26H,3,12-13,15-16,19-21H2,1-2H3,(H2,28,30,31). The molecule has 1 aliphatic heterocycles. The number of hydrogen-bond donors (Lipinski definition) is 2. The van der Waals surface area contributed by atoms with E-state index in [1.165, 1.54) is 16.7 Å². The van der Waals surface area contributed by atoms with Crippen molar-refractivity contribution in [3.63, 3.8) is 0 Å². The molecule has 1 fully saturated rings. The maximum atomic E-state index is 4.88. The molecule has 1 aromatic heterocycles. The van der Waals surface area contributed by atoms with Crippen LogP contribution in [-0.2, 0) is 19.6 Å². The molecule has 174 valence electrons. The first kappa shape index (κ1) is 23.1. The first-order valence-corrected chi connectivity index (χ1v) is 12.1. The van der Waals surface area contributed by atoms with Crippen LogP contribution in [0.3, 0.4) is 0 Å². The molecule has 6 heteroatoms. The van der Waals surface area contributed by atoms with Crippen molar-refractivity contribution in [2.24, 2.45) is 4.99 Å². The Balaban J connectivity index is 1.30. The topological polar surface area (TPSA) is 57.5 Å². The maximum Gasteiger partial charge on any atom is 0.191 e. The highest BCUT2D eigenvalue weighted by Gasteiger charge is 2.20. The molecule has 0 radical (unpaired) electrons. The summed E-state index contributed by atoms with van der Waals surface area (Å²) in [5.74, 6) is 1.95. The predicted octanol–water partition coefficient (Wildman–Crippen LogP) is 3.96. The predicted molar refractivity (Wildman–Crippen MR) is 135 cm³/mol. The van der Waals surface area contributed by atoms with Gasteiger partial charge in [0, 0.05) is 51.2 Å². The second-order valence-corrected chi connectivity index (χ2v) is 8.80. The third kappa shape index (κ3) is 6.93. The van der Waals surface area contributed by atoms with Crippen LogP contribution in [0.4, 0.5) is 0 Å². The molecule has 2 aromatic carbocycles. The second-order valence-electron chi connectivity index (χ2n) is 8.80. The van der Waals surface area contributed by atoms with Gasteiger partial charge in [0.1, 0.15) is 5.82 Å². The number of guanidine groups is 1. The third-order valence-corrected chi connectivity index (χ3v) is 6.21. The minimum absolute atomic E-state index is 0.463. The molecule has 0 atom stereocenters. The maximum absolute atomic E-state index is 4.88. The summed E-state index contributed by atoms with van der Waals surface area (Å²) in [5.41, 5.74) is 3.89. The van der Waals surface area contributed by atoms with Gasteiger partial charge in [-0.15, -0.1) is 0 Å². The van der Waals surface area contributed by atoms with Crippen molar-refractivity contribution >= 4 is 5.96 Å². The van der Waals surface area contributed by atoms with Gasteiger partial charge in [-0.1, -0.05) is 54.6 Å². The number of benzene rings is 2. The zero-order valence-corrected chi connectivity index (χ0v) is 19.9. The summed E-state index contributed by atoms with van der Waals surface area (Å²) in [6.07, 6.45) is 6.15. The van der Waals surface area contributed by atoms with Crippen LogP contribution in [0.2, 0.25) is 0 Å². The van der Waals surface area contributed by atoms with Crippen LogP contribution in [0, 0.1) is 6.92 Å². The van der Waals surface area contributed by atoms with Gasteiger partial charge in [0.25, 0.3) is 0 Å². The van der Waals surface area contributed by atoms with Crippen molar-refractivity contribution in [3.8, 4) is 0 Å². The van der Waals surface area contributed by atoms with Gasteiger partial charge in [-0.2, -0.15) is 0 Å². The highest BCUT2D eigenvalue weighted by atomic mass is 15.2. The molecule has 3 aromatic rings. The van der Waals surface area contributed by atoms with Crippen molar-refractivity contribution in [3.05, 3.63) is 89.5 Å². The number of piperidine rings is 1. The molecular weight excluding hydrogens is 408 g/mol. The summed E-state index contributed by atoms with van der Waals surface area (Å²) in [5, 5.41) is 7.09. The lowest BCUT2D eigenvalue weighted by atomic mass is 10.0. The molecule has 0 amide bonds. The largest absolute Gasteiger partial charge is 0.357 e. The van der Waals surface area contributed by atoms with Crippen LogP contribution >= 0.6 is 0 Å². The molecule has 0 saturated carbocycles. The number of imidazole rings is 1. The Labute approximate surface area is 197 Å². The molecule has 4 rings (SSSR count). The van der Waals surface area contributed by atoms with Crippen LogP contribution in [-0.4, -0.2) is 46.1 Å². The summed E-state index contributed by atoms with van der Waals surface area (Å²) in [6.45, 7) is 9.78. The number of likely N-dealkylation sites (tertiary alicyclic amines) is 1. The Hall–Kier alpha value is -3.12. The fourth-order valence-electron chi connectivity index (χ4n) is 4.35. The Kier molecular flexibility index (Phi) is 8.14.